The van der Waals surface area contributed by atoms with Crippen molar-refractivity contribution in [1.29, 1.82) is 0 Å². The first-order valence-electron chi connectivity index (χ1n) is 4.97. The van der Waals surface area contributed by atoms with Gasteiger partial charge in [-0.05, 0) is 37.0 Å². The molecule has 0 bridgehead atoms. The number of hydrogen-bond acceptors (Lipinski definition) is 1. The zero-order chi connectivity index (χ0) is 10.8. The lowest BCUT2D eigenvalue weighted by molar-refractivity contribution is 0.202. The van der Waals surface area contributed by atoms with E-state index in [0.717, 1.165) is 35.0 Å². The van der Waals surface area contributed by atoms with Gasteiger partial charge in [0.2, 0.25) is 0 Å². The molecule has 3 nitrogen and oxygen atoms in total. The SMILES string of the molecule is O=C(O)N1CCCCc2ccc(Br)cc21. The highest BCUT2D eigenvalue weighted by Gasteiger charge is 2.20. The van der Waals surface area contributed by atoms with Gasteiger partial charge >= 0.3 is 6.09 Å². The third-order valence-electron chi connectivity index (χ3n) is 2.65. The molecule has 0 saturated carbocycles. The van der Waals surface area contributed by atoms with Crippen molar-refractivity contribution in [1.82, 2.24) is 0 Å². The van der Waals surface area contributed by atoms with Crippen molar-refractivity contribution in [3.63, 3.8) is 0 Å². The zero-order valence-corrected chi connectivity index (χ0v) is 9.83. The first kappa shape index (κ1) is 10.5. The fraction of sp³-hybridized carbons (Fsp3) is 0.364. The fourth-order valence-electron chi connectivity index (χ4n) is 1.90. The van der Waals surface area contributed by atoms with E-state index < -0.39 is 6.09 Å². The summed E-state index contributed by atoms with van der Waals surface area (Å²) in [6, 6.07) is 5.85. The van der Waals surface area contributed by atoms with Gasteiger partial charge in [0.1, 0.15) is 0 Å². The molecule has 1 aliphatic rings. The smallest absolute Gasteiger partial charge is 0.411 e. The molecule has 1 heterocycles. The Bertz CT molecular complexity index is 392. The van der Waals surface area contributed by atoms with Crippen LogP contribution in [-0.2, 0) is 6.42 Å². The van der Waals surface area contributed by atoms with Gasteiger partial charge in [0.25, 0.3) is 0 Å². The average molecular weight is 270 g/mol. The van der Waals surface area contributed by atoms with E-state index in [1.807, 2.05) is 18.2 Å². The van der Waals surface area contributed by atoms with Crippen LogP contribution in [0.4, 0.5) is 10.5 Å². The first-order valence-corrected chi connectivity index (χ1v) is 5.76. The lowest BCUT2D eigenvalue weighted by Gasteiger charge is -2.19. The molecule has 1 aromatic carbocycles. The van der Waals surface area contributed by atoms with Gasteiger partial charge in [-0.25, -0.2) is 4.79 Å². The monoisotopic (exact) mass is 269 g/mol. The summed E-state index contributed by atoms with van der Waals surface area (Å²) < 4.78 is 0.925. The Hall–Kier alpha value is -1.03. The van der Waals surface area contributed by atoms with Crippen molar-refractivity contribution in [2.75, 3.05) is 11.4 Å². The molecular formula is C11H12BrNO2. The van der Waals surface area contributed by atoms with E-state index in [1.54, 1.807) is 0 Å². The molecule has 1 N–H and O–H groups in total. The highest BCUT2D eigenvalue weighted by molar-refractivity contribution is 9.10. The average Bonchev–Trinajstić information content (AvgIpc) is 2.39. The molecule has 1 aliphatic heterocycles. The summed E-state index contributed by atoms with van der Waals surface area (Å²) in [6.07, 6.45) is 2.08. The molecule has 0 unspecified atom stereocenters. The van der Waals surface area contributed by atoms with Crippen LogP contribution < -0.4 is 4.90 Å². The molecule has 0 aromatic heterocycles. The van der Waals surface area contributed by atoms with Crippen LogP contribution >= 0.6 is 15.9 Å². The van der Waals surface area contributed by atoms with Gasteiger partial charge in [-0.1, -0.05) is 22.0 Å². The van der Waals surface area contributed by atoms with Gasteiger partial charge in [0.05, 0.1) is 5.69 Å². The summed E-state index contributed by atoms with van der Waals surface area (Å²) in [5.74, 6) is 0. The number of aryl methyl sites for hydroxylation is 1. The number of amides is 1. The molecule has 2 rings (SSSR count). The number of anilines is 1. The van der Waals surface area contributed by atoms with Gasteiger partial charge in [0, 0.05) is 11.0 Å². The number of nitrogens with zero attached hydrogens (tertiary/aromatic N) is 1. The van der Waals surface area contributed by atoms with Gasteiger partial charge < -0.3 is 5.11 Å². The molecule has 0 saturated heterocycles. The van der Waals surface area contributed by atoms with Crippen molar-refractivity contribution in [2.24, 2.45) is 0 Å². The number of rotatable bonds is 0. The molecular weight excluding hydrogens is 258 g/mol. The number of benzene rings is 1. The summed E-state index contributed by atoms with van der Waals surface area (Å²) >= 11 is 3.37. The van der Waals surface area contributed by atoms with Gasteiger partial charge in [-0.15, -0.1) is 0 Å². The third-order valence-corrected chi connectivity index (χ3v) is 3.14. The summed E-state index contributed by atoms with van der Waals surface area (Å²) in [6.45, 7) is 0.596. The predicted octanol–water partition coefficient (Wildman–Crippen LogP) is 3.27. The van der Waals surface area contributed by atoms with E-state index in [2.05, 4.69) is 15.9 Å². The van der Waals surface area contributed by atoms with Crippen LogP contribution in [0.2, 0.25) is 0 Å². The highest BCUT2D eigenvalue weighted by Crippen LogP contribution is 2.29. The molecule has 0 aliphatic carbocycles. The molecule has 1 amide bonds. The normalized spacial score (nSPS) is 15.7. The fourth-order valence-corrected chi connectivity index (χ4v) is 2.25. The molecule has 0 spiro atoms. The molecule has 4 heteroatoms. The van der Waals surface area contributed by atoms with Gasteiger partial charge in [0.15, 0.2) is 0 Å². The second-order valence-electron chi connectivity index (χ2n) is 3.66. The second kappa shape index (κ2) is 4.23. The second-order valence-corrected chi connectivity index (χ2v) is 4.58. The third kappa shape index (κ3) is 2.15. The lowest BCUT2D eigenvalue weighted by atomic mass is 10.1. The maximum atomic E-state index is 11.1. The minimum Gasteiger partial charge on any atom is -0.465 e. The minimum absolute atomic E-state index is 0.596. The summed E-state index contributed by atoms with van der Waals surface area (Å²) in [7, 11) is 0. The van der Waals surface area contributed by atoms with Crippen LogP contribution in [0.25, 0.3) is 0 Å². The van der Waals surface area contributed by atoms with Crippen LogP contribution in [0.3, 0.4) is 0 Å². The Balaban J connectivity index is 2.46. The van der Waals surface area contributed by atoms with Crippen molar-refractivity contribution < 1.29 is 9.90 Å². The van der Waals surface area contributed by atoms with Crippen LogP contribution in [0.5, 0.6) is 0 Å². The minimum atomic E-state index is -0.865. The van der Waals surface area contributed by atoms with Crippen molar-refractivity contribution in [3.8, 4) is 0 Å². The quantitative estimate of drug-likeness (QED) is 0.786. The van der Waals surface area contributed by atoms with E-state index in [4.69, 9.17) is 5.11 Å². The maximum absolute atomic E-state index is 11.1. The Morgan fingerprint density at radius 1 is 1.40 bits per heavy atom. The Morgan fingerprint density at radius 2 is 2.20 bits per heavy atom. The molecule has 0 radical (unpaired) electrons. The van der Waals surface area contributed by atoms with E-state index in [-0.39, 0.29) is 0 Å². The first-order chi connectivity index (χ1) is 7.18. The van der Waals surface area contributed by atoms with Gasteiger partial charge in [-0.3, -0.25) is 4.90 Å². The lowest BCUT2D eigenvalue weighted by Crippen LogP contribution is -2.29. The van der Waals surface area contributed by atoms with Crippen LogP contribution in [0.1, 0.15) is 18.4 Å². The van der Waals surface area contributed by atoms with Crippen LogP contribution in [-0.4, -0.2) is 17.7 Å². The van der Waals surface area contributed by atoms with E-state index in [0.29, 0.717) is 6.54 Å². The standard InChI is InChI=1S/C11H12BrNO2/c12-9-5-4-8-3-1-2-6-13(11(14)15)10(8)7-9/h4-5,7H,1-3,6H2,(H,14,15). The topological polar surface area (TPSA) is 40.5 Å². The Labute approximate surface area is 96.8 Å². The zero-order valence-electron chi connectivity index (χ0n) is 8.24. The number of hydrogen-bond donors (Lipinski definition) is 1. The van der Waals surface area contributed by atoms with Crippen molar-refractivity contribution >= 4 is 27.7 Å². The van der Waals surface area contributed by atoms with Crippen LogP contribution in [0.15, 0.2) is 22.7 Å². The van der Waals surface area contributed by atoms with Crippen LogP contribution in [0, 0.1) is 0 Å². The Morgan fingerprint density at radius 3 is 2.93 bits per heavy atom. The number of halogens is 1. The molecule has 1 aromatic rings. The van der Waals surface area contributed by atoms with Crippen molar-refractivity contribution in [3.05, 3.63) is 28.2 Å². The van der Waals surface area contributed by atoms with E-state index in [1.165, 1.54) is 4.90 Å². The highest BCUT2D eigenvalue weighted by atomic mass is 79.9. The molecule has 15 heavy (non-hydrogen) atoms. The largest absolute Gasteiger partial charge is 0.465 e. The maximum Gasteiger partial charge on any atom is 0.411 e. The van der Waals surface area contributed by atoms with Crippen molar-refractivity contribution in [2.45, 2.75) is 19.3 Å². The summed E-state index contributed by atoms with van der Waals surface area (Å²) in [5, 5.41) is 9.11. The Kier molecular flexibility index (Phi) is 2.95. The molecule has 0 fully saturated rings. The predicted molar refractivity (Wildman–Crippen MR) is 62.5 cm³/mol. The number of carbonyl (C=O) groups is 1. The number of fused-ring (bicyclic) bond motifs is 1. The van der Waals surface area contributed by atoms with Gasteiger partial charge in [-0.2, -0.15) is 0 Å². The molecule has 0 atom stereocenters. The summed E-state index contributed by atoms with van der Waals surface area (Å²) in [4.78, 5) is 12.5. The van der Waals surface area contributed by atoms with E-state index >= 15 is 0 Å². The number of carboxylic acid groups (broad SMARTS) is 1. The summed E-state index contributed by atoms with van der Waals surface area (Å²) in [5.41, 5.74) is 1.95. The van der Waals surface area contributed by atoms with E-state index in [9.17, 15) is 4.79 Å². The molecule has 80 valence electrons.